The highest BCUT2D eigenvalue weighted by Gasteiger charge is 2.25. The molecular formula is C17H20N2O4. The van der Waals surface area contributed by atoms with Crippen molar-refractivity contribution in [1.82, 2.24) is 9.88 Å². The molecule has 0 unspecified atom stereocenters. The predicted octanol–water partition coefficient (Wildman–Crippen LogP) is 2.10. The van der Waals surface area contributed by atoms with Gasteiger partial charge in [-0.15, -0.1) is 0 Å². The Bertz CT molecular complexity index is 802. The number of carboxylic acids is 1. The molecule has 2 rings (SSSR count). The Hall–Kier alpha value is -2.63. The number of amides is 1. The number of carboxylic acid groups (broad SMARTS) is 1. The third kappa shape index (κ3) is 4.18. The maximum Gasteiger partial charge on any atom is 0.323 e. The van der Waals surface area contributed by atoms with Crippen LogP contribution in [0.2, 0.25) is 0 Å². The van der Waals surface area contributed by atoms with Gasteiger partial charge in [0, 0.05) is 23.5 Å². The molecule has 6 nitrogen and oxygen atoms in total. The Morgan fingerprint density at radius 2 is 1.87 bits per heavy atom. The zero-order valence-electron chi connectivity index (χ0n) is 13.4. The summed E-state index contributed by atoms with van der Waals surface area (Å²) >= 11 is 0. The predicted molar refractivity (Wildman–Crippen MR) is 87.6 cm³/mol. The van der Waals surface area contributed by atoms with Crippen LogP contribution >= 0.6 is 0 Å². The highest BCUT2D eigenvalue weighted by atomic mass is 16.4. The molecule has 0 aliphatic heterocycles. The lowest BCUT2D eigenvalue weighted by molar-refractivity contribution is -0.138. The Morgan fingerprint density at radius 3 is 2.48 bits per heavy atom. The summed E-state index contributed by atoms with van der Waals surface area (Å²) in [6.07, 6.45) is 0. The largest absolute Gasteiger partial charge is 0.480 e. The van der Waals surface area contributed by atoms with Gasteiger partial charge in [0.1, 0.15) is 6.54 Å². The van der Waals surface area contributed by atoms with Gasteiger partial charge in [0.25, 0.3) is 5.91 Å². The molecule has 23 heavy (non-hydrogen) atoms. The van der Waals surface area contributed by atoms with Crippen LogP contribution < -0.4 is 5.56 Å². The summed E-state index contributed by atoms with van der Waals surface area (Å²) in [6, 6.07) is 8.19. The van der Waals surface area contributed by atoms with Crippen LogP contribution in [0.5, 0.6) is 0 Å². The van der Waals surface area contributed by atoms with Crippen molar-refractivity contribution >= 4 is 22.8 Å². The van der Waals surface area contributed by atoms with Crippen molar-refractivity contribution in [3.05, 3.63) is 46.2 Å². The van der Waals surface area contributed by atoms with Gasteiger partial charge in [-0.1, -0.05) is 39.0 Å². The molecule has 6 heteroatoms. The first-order valence-electron chi connectivity index (χ1n) is 7.30. The van der Waals surface area contributed by atoms with Crippen molar-refractivity contribution in [1.29, 1.82) is 0 Å². The molecule has 1 aromatic carbocycles. The third-order valence-corrected chi connectivity index (χ3v) is 3.26. The molecule has 0 saturated carbocycles. The molecule has 0 aliphatic rings. The second kappa shape index (κ2) is 6.24. The van der Waals surface area contributed by atoms with Crippen LogP contribution in [0, 0.1) is 5.41 Å². The highest BCUT2D eigenvalue weighted by Crippen LogP contribution is 2.20. The number of benzene rings is 1. The second-order valence-corrected chi connectivity index (χ2v) is 6.71. The number of rotatable bonds is 4. The Morgan fingerprint density at radius 1 is 1.22 bits per heavy atom. The van der Waals surface area contributed by atoms with E-state index in [0.717, 1.165) is 0 Å². The SMILES string of the molecule is CC(C)(C)CN(CC(=O)O)C(=O)c1cc(=O)[nH]c2ccccc12. The van der Waals surface area contributed by atoms with Crippen LogP contribution in [-0.2, 0) is 4.79 Å². The average Bonchev–Trinajstić information content (AvgIpc) is 2.42. The number of H-pyrrole nitrogens is 1. The third-order valence-electron chi connectivity index (χ3n) is 3.26. The summed E-state index contributed by atoms with van der Waals surface area (Å²) in [5.41, 5.74) is 0.115. The van der Waals surface area contributed by atoms with E-state index in [4.69, 9.17) is 5.11 Å². The fourth-order valence-electron chi connectivity index (χ4n) is 2.49. The van der Waals surface area contributed by atoms with Gasteiger partial charge in [-0.3, -0.25) is 14.4 Å². The topological polar surface area (TPSA) is 90.5 Å². The monoisotopic (exact) mass is 316 g/mol. The number of hydrogen-bond donors (Lipinski definition) is 2. The van der Waals surface area contributed by atoms with E-state index in [1.807, 2.05) is 20.8 Å². The van der Waals surface area contributed by atoms with Gasteiger partial charge in [0.05, 0.1) is 5.56 Å². The van der Waals surface area contributed by atoms with E-state index >= 15 is 0 Å². The Balaban J connectivity index is 2.51. The van der Waals surface area contributed by atoms with E-state index in [-0.39, 0.29) is 17.5 Å². The molecule has 1 heterocycles. The average molecular weight is 316 g/mol. The van der Waals surface area contributed by atoms with Gasteiger partial charge in [0.15, 0.2) is 0 Å². The number of nitrogens with zero attached hydrogens (tertiary/aromatic N) is 1. The van der Waals surface area contributed by atoms with E-state index in [9.17, 15) is 14.4 Å². The number of carbonyl (C=O) groups excluding carboxylic acids is 1. The van der Waals surface area contributed by atoms with Gasteiger partial charge >= 0.3 is 5.97 Å². The number of aromatic nitrogens is 1. The summed E-state index contributed by atoms with van der Waals surface area (Å²) in [7, 11) is 0. The van der Waals surface area contributed by atoms with Crippen molar-refractivity contribution in [3.8, 4) is 0 Å². The molecule has 0 fully saturated rings. The van der Waals surface area contributed by atoms with Crippen LogP contribution in [0.25, 0.3) is 10.9 Å². The zero-order chi connectivity index (χ0) is 17.2. The fraction of sp³-hybridized carbons (Fsp3) is 0.353. The molecule has 0 atom stereocenters. The fourth-order valence-corrected chi connectivity index (χ4v) is 2.49. The molecule has 0 aliphatic carbocycles. The summed E-state index contributed by atoms with van der Waals surface area (Å²) in [4.78, 5) is 39.7. The molecular weight excluding hydrogens is 296 g/mol. The quantitative estimate of drug-likeness (QED) is 0.904. The van der Waals surface area contributed by atoms with Crippen molar-refractivity contribution in [2.45, 2.75) is 20.8 Å². The Kier molecular flexibility index (Phi) is 4.54. The number of para-hydroxylation sites is 1. The van der Waals surface area contributed by atoms with Gasteiger partial charge in [-0.25, -0.2) is 0 Å². The molecule has 0 radical (unpaired) electrons. The molecule has 2 N–H and O–H groups in total. The smallest absolute Gasteiger partial charge is 0.323 e. The first-order chi connectivity index (χ1) is 10.7. The van der Waals surface area contributed by atoms with Crippen molar-refractivity contribution in [2.75, 3.05) is 13.1 Å². The molecule has 0 saturated heterocycles. The van der Waals surface area contributed by atoms with Gasteiger partial charge in [0.2, 0.25) is 5.56 Å². The van der Waals surface area contributed by atoms with Crippen molar-refractivity contribution in [2.24, 2.45) is 5.41 Å². The molecule has 122 valence electrons. The first-order valence-corrected chi connectivity index (χ1v) is 7.30. The van der Waals surface area contributed by atoms with Crippen LogP contribution in [-0.4, -0.2) is 40.0 Å². The van der Waals surface area contributed by atoms with E-state index in [2.05, 4.69) is 4.98 Å². The summed E-state index contributed by atoms with van der Waals surface area (Å²) in [5.74, 6) is -1.54. The Labute approximate surface area is 133 Å². The summed E-state index contributed by atoms with van der Waals surface area (Å²) in [5, 5.41) is 9.68. The summed E-state index contributed by atoms with van der Waals surface area (Å²) < 4.78 is 0. The maximum atomic E-state index is 12.8. The van der Waals surface area contributed by atoms with E-state index in [1.54, 1.807) is 24.3 Å². The summed E-state index contributed by atoms with van der Waals surface area (Å²) in [6.45, 7) is 5.64. The van der Waals surface area contributed by atoms with Crippen LogP contribution in [0.15, 0.2) is 35.1 Å². The lowest BCUT2D eigenvalue weighted by Crippen LogP contribution is -2.41. The standard InChI is InChI=1S/C17H20N2O4/c1-17(2,3)10-19(9-15(21)22)16(23)12-8-14(20)18-13-7-5-4-6-11(12)13/h4-8H,9-10H2,1-3H3,(H,18,20)(H,21,22). The van der Waals surface area contributed by atoms with Gasteiger partial charge in [-0.2, -0.15) is 0 Å². The van der Waals surface area contributed by atoms with Crippen molar-refractivity contribution < 1.29 is 14.7 Å². The normalized spacial score (nSPS) is 11.4. The maximum absolute atomic E-state index is 12.8. The molecule has 1 amide bonds. The first kappa shape index (κ1) is 16.7. The van der Waals surface area contributed by atoms with Crippen molar-refractivity contribution in [3.63, 3.8) is 0 Å². The number of nitrogens with one attached hydrogen (secondary N) is 1. The van der Waals surface area contributed by atoms with Crippen LogP contribution in [0.4, 0.5) is 0 Å². The lowest BCUT2D eigenvalue weighted by atomic mass is 9.95. The molecule has 0 bridgehead atoms. The van der Waals surface area contributed by atoms with E-state index < -0.39 is 24.0 Å². The number of fused-ring (bicyclic) bond motifs is 1. The van der Waals surface area contributed by atoms with Crippen LogP contribution in [0.3, 0.4) is 0 Å². The number of hydrogen-bond acceptors (Lipinski definition) is 3. The van der Waals surface area contributed by atoms with E-state index in [1.165, 1.54) is 11.0 Å². The van der Waals surface area contributed by atoms with E-state index in [0.29, 0.717) is 10.9 Å². The van der Waals surface area contributed by atoms with Gasteiger partial charge in [-0.05, 0) is 11.5 Å². The van der Waals surface area contributed by atoms with Crippen LogP contribution in [0.1, 0.15) is 31.1 Å². The number of pyridine rings is 1. The molecule has 2 aromatic rings. The minimum absolute atomic E-state index is 0.217. The number of carbonyl (C=O) groups is 2. The number of aliphatic carboxylic acids is 1. The molecule has 0 spiro atoms. The minimum atomic E-state index is -1.09. The van der Waals surface area contributed by atoms with Gasteiger partial charge < -0.3 is 15.0 Å². The minimum Gasteiger partial charge on any atom is -0.480 e. The number of aromatic amines is 1. The lowest BCUT2D eigenvalue weighted by Gasteiger charge is -2.29. The second-order valence-electron chi connectivity index (χ2n) is 6.71. The zero-order valence-corrected chi connectivity index (χ0v) is 13.4. The molecule has 1 aromatic heterocycles. The highest BCUT2D eigenvalue weighted by molar-refractivity contribution is 6.06.